The molecule has 0 amide bonds. The van der Waals surface area contributed by atoms with E-state index in [-0.39, 0.29) is 0 Å². The number of aliphatic hydroxyl groups excluding tert-OH is 1. The number of aliphatic hydroxyl groups is 1. The lowest BCUT2D eigenvalue weighted by Crippen LogP contribution is -2.30. The van der Waals surface area contributed by atoms with Crippen LogP contribution in [-0.4, -0.2) is 28.6 Å². The standard InChI is InChI=1S/C13H17BrO3/c1-2-17-13(16)12(14)11(15)9-8-10-6-4-3-5-7-10/h3-7,11-12,15H,2,8-9H2,1H3/t11-,12-/m0/s1. The molecule has 3 nitrogen and oxygen atoms in total. The van der Waals surface area contributed by atoms with Gasteiger partial charge in [-0.1, -0.05) is 46.3 Å². The third-order valence-corrected chi connectivity index (χ3v) is 3.41. The van der Waals surface area contributed by atoms with E-state index >= 15 is 0 Å². The molecule has 0 radical (unpaired) electrons. The number of hydrogen-bond acceptors (Lipinski definition) is 3. The normalized spacial score (nSPS) is 14.1. The summed E-state index contributed by atoms with van der Waals surface area (Å²) in [5.41, 5.74) is 1.15. The van der Waals surface area contributed by atoms with Crippen molar-refractivity contribution in [1.29, 1.82) is 0 Å². The van der Waals surface area contributed by atoms with Crippen LogP contribution < -0.4 is 0 Å². The highest BCUT2D eigenvalue weighted by Crippen LogP contribution is 2.14. The second-order valence-corrected chi connectivity index (χ2v) is 4.73. The highest BCUT2D eigenvalue weighted by molar-refractivity contribution is 9.10. The fourth-order valence-corrected chi connectivity index (χ4v) is 1.88. The first-order chi connectivity index (χ1) is 8.15. The lowest BCUT2D eigenvalue weighted by atomic mass is 10.1. The molecule has 4 heteroatoms. The number of hydrogen-bond donors (Lipinski definition) is 1. The zero-order valence-corrected chi connectivity index (χ0v) is 11.4. The van der Waals surface area contributed by atoms with Crippen molar-refractivity contribution in [2.45, 2.75) is 30.7 Å². The summed E-state index contributed by atoms with van der Waals surface area (Å²) in [5.74, 6) is -0.409. The van der Waals surface area contributed by atoms with Crippen LogP contribution in [0.1, 0.15) is 18.9 Å². The second-order valence-electron chi connectivity index (χ2n) is 3.75. The summed E-state index contributed by atoms with van der Waals surface area (Å²) in [6.45, 7) is 2.07. The van der Waals surface area contributed by atoms with Gasteiger partial charge < -0.3 is 9.84 Å². The van der Waals surface area contributed by atoms with Gasteiger partial charge in [-0.05, 0) is 25.3 Å². The lowest BCUT2D eigenvalue weighted by molar-refractivity contribution is -0.144. The Morgan fingerprint density at radius 3 is 2.65 bits per heavy atom. The molecule has 0 heterocycles. The molecule has 0 aliphatic carbocycles. The molecule has 0 saturated heterocycles. The summed E-state index contributed by atoms with van der Waals surface area (Å²) in [5, 5.41) is 9.83. The van der Waals surface area contributed by atoms with Crippen LogP contribution in [0, 0.1) is 0 Å². The maximum absolute atomic E-state index is 11.4. The molecule has 1 rings (SSSR count). The van der Waals surface area contributed by atoms with E-state index in [1.807, 2.05) is 30.3 Å². The largest absolute Gasteiger partial charge is 0.465 e. The number of aryl methyl sites for hydroxylation is 1. The van der Waals surface area contributed by atoms with Gasteiger partial charge in [0.15, 0.2) is 0 Å². The van der Waals surface area contributed by atoms with Crippen LogP contribution in [0.2, 0.25) is 0 Å². The van der Waals surface area contributed by atoms with Gasteiger partial charge in [0, 0.05) is 0 Å². The molecule has 0 aliphatic heterocycles. The van der Waals surface area contributed by atoms with Gasteiger partial charge in [0.25, 0.3) is 0 Å². The molecule has 0 saturated carbocycles. The van der Waals surface area contributed by atoms with E-state index in [0.717, 1.165) is 12.0 Å². The molecule has 0 bridgehead atoms. The molecule has 0 fully saturated rings. The van der Waals surface area contributed by atoms with E-state index in [0.29, 0.717) is 13.0 Å². The first-order valence-electron chi connectivity index (χ1n) is 5.67. The van der Waals surface area contributed by atoms with Gasteiger partial charge in [-0.25, -0.2) is 0 Å². The number of ether oxygens (including phenoxy) is 1. The maximum Gasteiger partial charge on any atom is 0.322 e. The van der Waals surface area contributed by atoms with E-state index in [1.165, 1.54) is 0 Å². The number of benzene rings is 1. The first kappa shape index (κ1) is 14.2. The molecule has 0 unspecified atom stereocenters. The third kappa shape index (κ3) is 4.88. The smallest absolute Gasteiger partial charge is 0.322 e. The number of esters is 1. The molecule has 2 atom stereocenters. The molecule has 0 aromatic heterocycles. The Morgan fingerprint density at radius 1 is 1.41 bits per heavy atom. The molecule has 1 aromatic rings. The van der Waals surface area contributed by atoms with Gasteiger partial charge in [-0.3, -0.25) is 4.79 Å². The summed E-state index contributed by atoms with van der Waals surface area (Å²) in [6, 6.07) is 9.86. The predicted octanol–water partition coefficient (Wildman–Crippen LogP) is 2.31. The van der Waals surface area contributed by atoms with Gasteiger partial charge in [-0.2, -0.15) is 0 Å². The fraction of sp³-hybridized carbons (Fsp3) is 0.462. The van der Waals surface area contributed by atoms with Crippen LogP contribution >= 0.6 is 15.9 Å². The molecular weight excluding hydrogens is 284 g/mol. The topological polar surface area (TPSA) is 46.5 Å². The molecular formula is C13H17BrO3. The molecule has 1 aromatic carbocycles. The molecule has 94 valence electrons. The minimum absolute atomic E-state index is 0.326. The van der Waals surface area contributed by atoms with E-state index in [4.69, 9.17) is 4.74 Å². The number of carbonyl (C=O) groups excluding carboxylic acids is 1. The second kappa shape index (κ2) is 7.45. The van der Waals surface area contributed by atoms with E-state index in [9.17, 15) is 9.90 Å². The molecule has 17 heavy (non-hydrogen) atoms. The van der Waals surface area contributed by atoms with Crippen LogP contribution in [0.4, 0.5) is 0 Å². The zero-order valence-electron chi connectivity index (χ0n) is 9.80. The average Bonchev–Trinajstić information content (AvgIpc) is 2.36. The summed E-state index contributed by atoms with van der Waals surface area (Å²) >= 11 is 3.16. The van der Waals surface area contributed by atoms with Crippen molar-refractivity contribution < 1.29 is 14.6 Å². The van der Waals surface area contributed by atoms with Crippen molar-refractivity contribution in [3.63, 3.8) is 0 Å². The van der Waals surface area contributed by atoms with Crippen LogP contribution in [0.25, 0.3) is 0 Å². The Hall–Kier alpha value is -0.870. The predicted molar refractivity (Wildman–Crippen MR) is 70.1 cm³/mol. The summed E-state index contributed by atoms with van der Waals surface area (Å²) in [6.07, 6.45) is 0.539. The Labute approximate surface area is 110 Å². The minimum Gasteiger partial charge on any atom is -0.465 e. The van der Waals surface area contributed by atoms with Crippen molar-refractivity contribution in [2.24, 2.45) is 0 Å². The number of alkyl halides is 1. The Kier molecular flexibility index (Phi) is 6.22. The van der Waals surface area contributed by atoms with Gasteiger partial charge in [0.1, 0.15) is 4.83 Å². The minimum atomic E-state index is -0.728. The average molecular weight is 301 g/mol. The Bertz CT molecular complexity index is 340. The van der Waals surface area contributed by atoms with Crippen molar-refractivity contribution in [1.82, 2.24) is 0 Å². The zero-order chi connectivity index (χ0) is 12.7. The quantitative estimate of drug-likeness (QED) is 0.648. The van der Waals surface area contributed by atoms with Crippen molar-refractivity contribution >= 4 is 21.9 Å². The van der Waals surface area contributed by atoms with E-state index in [1.54, 1.807) is 6.92 Å². The SMILES string of the molecule is CCOC(=O)[C@@H](Br)[C@@H](O)CCc1ccccc1. The fourth-order valence-electron chi connectivity index (χ4n) is 1.48. The van der Waals surface area contributed by atoms with Gasteiger partial charge >= 0.3 is 5.97 Å². The Balaban J connectivity index is 2.39. The lowest BCUT2D eigenvalue weighted by Gasteiger charge is -2.15. The van der Waals surface area contributed by atoms with Crippen LogP contribution in [0.5, 0.6) is 0 Å². The van der Waals surface area contributed by atoms with E-state index in [2.05, 4.69) is 15.9 Å². The first-order valence-corrected chi connectivity index (χ1v) is 6.59. The molecule has 1 N–H and O–H groups in total. The van der Waals surface area contributed by atoms with Crippen molar-refractivity contribution in [3.8, 4) is 0 Å². The number of carbonyl (C=O) groups is 1. The maximum atomic E-state index is 11.4. The highest BCUT2D eigenvalue weighted by atomic mass is 79.9. The van der Waals surface area contributed by atoms with Gasteiger partial charge in [-0.15, -0.1) is 0 Å². The van der Waals surface area contributed by atoms with Crippen LogP contribution in [0.15, 0.2) is 30.3 Å². The van der Waals surface area contributed by atoms with Crippen molar-refractivity contribution in [2.75, 3.05) is 6.61 Å². The van der Waals surface area contributed by atoms with Gasteiger partial charge in [0.2, 0.25) is 0 Å². The van der Waals surface area contributed by atoms with Crippen LogP contribution in [-0.2, 0) is 16.0 Å². The number of halogens is 1. The summed E-state index contributed by atoms with van der Waals surface area (Å²) in [4.78, 5) is 10.7. The summed E-state index contributed by atoms with van der Waals surface area (Å²) in [7, 11) is 0. The van der Waals surface area contributed by atoms with E-state index < -0.39 is 16.9 Å². The highest BCUT2D eigenvalue weighted by Gasteiger charge is 2.24. The summed E-state index contributed by atoms with van der Waals surface area (Å²) < 4.78 is 4.83. The van der Waals surface area contributed by atoms with Crippen LogP contribution in [0.3, 0.4) is 0 Å². The number of rotatable bonds is 6. The molecule has 0 spiro atoms. The monoisotopic (exact) mass is 300 g/mol. The molecule has 0 aliphatic rings. The van der Waals surface area contributed by atoms with Crippen molar-refractivity contribution in [3.05, 3.63) is 35.9 Å². The van der Waals surface area contributed by atoms with Gasteiger partial charge in [0.05, 0.1) is 12.7 Å². The third-order valence-electron chi connectivity index (χ3n) is 2.42. The Morgan fingerprint density at radius 2 is 2.06 bits per heavy atom.